The third kappa shape index (κ3) is 2.65. The fourth-order valence-corrected chi connectivity index (χ4v) is 1.51. The van der Waals surface area contributed by atoms with Gasteiger partial charge in [-0.1, -0.05) is 41.9 Å². The molecule has 0 saturated carbocycles. The molecule has 1 unspecified atom stereocenters. The SMILES string of the molecule is O=C1C=CC(Cl)(C(=O)OCc2ccccc2)O1. The van der Waals surface area contributed by atoms with Gasteiger partial charge in [-0.3, -0.25) is 0 Å². The van der Waals surface area contributed by atoms with Crippen molar-refractivity contribution in [3.05, 3.63) is 48.0 Å². The monoisotopic (exact) mass is 252 g/mol. The smallest absolute Gasteiger partial charge is 0.371 e. The van der Waals surface area contributed by atoms with Gasteiger partial charge in [0.2, 0.25) is 0 Å². The van der Waals surface area contributed by atoms with Crippen LogP contribution in [0.5, 0.6) is 0 Å². The number of benzene rings is 1. The van der Waals surface area contributed by atoms with Gasteiger partial charge in [0.1, 0.15) is 6.61 Å². The van der Waals surface area contributed by atoms with E-state index < -0.39 is 17.0 Å². The first-order chi connectivity index (χ1) is 8.10. The van der Waals surface area contributed by atoms with Gasteiger partial charge in [0.05, 0.1) is 0 Å². The van der Waals surface area contributed by atoms with E-state index in [4.69, 9.17) is 16.3 Å². The second-order valence-electron chi connectivity index (χ2n) is 3.46. The molecule has 17 heavy (non-hydrogen) atoms. The molecule has 0 radical (unpaired) electrons. The van der Waals surface area contributed by atoms with E-state index in [1.165, 1.54) is 6.08 Å². The minimum atomic E-state index is -1.81. The Kier molecular flexibility index (Phi) is 3.15. The molecule has 1 aromatic rings. The van der Waals surface area contributed by atoms with E-state index >= 15 is 0 Å². The first kappa shape index (κ1) is 11.7. The number of ether oxygens (including phenoxy) is 2. The molecule has 0 fully saturated rings. The van der Waals surface area contributed by atoms with Crippen LogP contribution in [-0.4, -0.2) is 17.0 Å². The van der Waals surface area contributed by atoms with E-state index in [1.807, 2.05) is 30.3 Å². The summed E-state index contributed by atoms with van der Waals surface area (Å²) in [6, 6.07) is 9.13. The molecular weight excluding hydrogens is 244 g/mol. The Morgan fingerprint density at radius 2 is 2.06 bits per heavy atom. The van der Waals surface area contributed by atoms with E-state index in [9.17, 15) is 9.59 Å². The fourth-order valence-electron chi connectivity index (χ4n) is 1.32. The summed E-state index contributed by atoms with van der Waals surface area (Å²) in [7, 11) is 0. The number of carbonyl (C=O) groups excluding carboxylic acids is 2. The van der Waals surface area contributed by atoms with Crippen molar-refractivity contribution in [3.8, 4) is 0 Å². The van der Waals surface area contributed by atoms with Crippen LogP contribution in [0.25, 0.3) is 0 Å². The highest BCUT2D eigenvalue weighted by molar-refractivity contribution is 6.36. The minimum Gasteiger partial charge on any atom is -0.457 e. The number of carbonyl (C=O) groups is 2. The lowest BCUT2D eigenvalue weighted by atomic mass is 10.2. The van der Waals surface area contributed by atoms with Gasteiger partial charge in [-0.05, 0) is 11.6 Å². The first-order valence-electron chi connectivity index (χ1n) is 4.92. The van der Waals surface area contributed by atoms with Crippen molar-refractivity contribution in [2.24, 2.45) is 0 Å². The molecule has 0 aliphatic carbocycles. The molecule has 0 spiro atoms. The third-order valence-corrected chi connectivity index (χ3v) is 2.53. The number of halogens is 1. The minimum absolute atomic E-state index is 0.0829. The summed E-state index contributed by atoms with van der Waals surface area (Å²) in [6.07, 6.45) is 2.26. The molecule has 1 aliphatic heterocycles. The summed E-state index contributed by atoms with van der Waals surface area (Å²) in [6.45, 7) is 0.0829. The Hall–Kier alpha value is -1.81. The predicted molar refractivity (Wildman–Crippen MR) is 60.1 cm³/mol. The summed E-state index contributed by atoms with van der Waals surface area (Å²) >= 11 is 5.78. The Labute approximate surface area is 103 Å². The molecule has 5 heteroatoms. The molecular formula is C12H9ClO4. The molecule has 1 aromatic carbocycles. The standard InChI is InChI=1S/C12H9ClO4/c13-12(7-6-10(14)17-12)11(15)16-8-9-4-2-1-3-5-9/h1-7H,8H2. The Bertz CT molecular complexity index is 469. The topological polar surface area (TPSA) is 52.6 Å². The highest BCUT2D eigenvalue weighted by Gasteiger charge is 2.43. The van der Waals surface area contributed by atoms with Crippen LogP contribution in [0.2, 0.25) is 0 Å². The van der Waals surface area contributed by atoms with Gasteiger partial charge in [0.15, 0.2) is 0 Å². The third-order valence-electron chi connectivity index (χ3n) is 2.17. The van der Waals surface area contributed by atoms with Crippen molar-refractivity contribution in [2.75, 3.05) is 0 Å². The van der Waals surface area contributed by atoms with Crippen LogP contribution >= 0.6 is 11.6 Å². The fraction of sp³-hybridized carbons (Fsp3) is 0.167. The molecule has 1 heterocycles. The molecule has 0 bridgehead atoms. The quantitative estimate of drug-likeness (QED) is 0.608. The van der Waals surface area contributed by atoms with Crippen molar-refractivity contribution in [3.63, 3.8) is 0 Å². The molecule has 1 aliphatic rings. The normalized spacial score (nSPS) is 22.3. The van der Waals surface area contributed by atoms with Crippen molar-refractivity contribution in [2.45, 2.75) is 11.7 Å². The number of alkyl halides is 1. The summed E-state index contributed by atoms with van der Waals surface area (Å²) < 4.78 is 9.60. The second kappa shape index (κ2) is 4.59. The van der Waals surface area contributed by atoms with Crippen LogP contribution in [-0.2, 0) is 25.7 Å². The lowest BCUT2D eigenvalue weighted by Crippen LogP contribution is -2.33. The maximum atomic E-state index is 11.6. The Morgan fingerprint density at radius 1 is 1.35 bits per heavy atom. The van der Waals surface area contributed by atoms with Crippen LogP contribution in [0.3, 0.4) is 0 Å². The molecule has 0 amide bonds. The highest BCUT2D eigenvalue weighted by atomic mass is 35.5. The van der Waals surface area contributed by atoms with Crippen LogP contribution in [0.4, 0.5) is 0 Å². The summed E-state index contributed by atoms with van der Waals surface area (Å²) in [5.74, 6) is -1.46. The molecule has 0 N–H and O–H groups in total. The average Bonchev–Trinajstić information content (AvgIpc) is 2.69. The number of hydrogen-bond donors (Lipinski definition) is 0. The van der Waals surface area contributed by atoms with E-state index in [0.29, 0.717) is 0 Å². The van der Waals surface area contributed by atoms with Gasteiger partial charge in [0.25, 0.3) is 0 Å². The van der Waals surface area contributed by atoms with Crippen LogP contribution in [0.1, 0.15) is 5.56 Å². The Morgan fingerprint density at radius 3 is 2.65 bits per heavy atom. The molecule has 2 rings (SSSR count). The number of hydrogen-bond acceptors (Lipinski definition) is 4. The predicted octanol–water partition coefficient (Wildman–Crippen LogP) is 1.78. The van der Waals surface area contributed by atoms with Crippen molar-refractivity contribution in [1.82, 2.24) is 0 Å². The lowest BCUT2D eigenvalue weighted by molar-refractivity contribution is -0.164. The van der Waals surface area contributed by atoms with Crippen molar-refractivity contribution in [1.29, 1.82) is 0 Å². The summed E-state index contributed by atoms with van der Waals surface area (Å²) in [5.41, 5.74) is 0.828. The summed E-state index contributed by atoms with van der Waals surface area (Å²) in [5, 5.41) is -1.81. The largest absolute Gasteiger partial charge is 0.457 e. The highest BCUT2D eigenvalue weighted by Crippen LogP contribution is 2.26. The second-order valence-corrected chi connectivity index (χ2v) is 4.02. The van der Waals surface area contributed by atoms with Gasteiger partial charge in [-0.15, -0.1) is 0 Å². The Balaban J connectivity index is 1.95. The lowest BCUT2D eigenvalue weighted by Gasteiger charge is -2.16. The van der Waals surface area contributed by atoms with Crippen LogP contribution < -0.4 is 0 Å². The van der Waals surface area contributed by atoms with E-state index in [-0.39, 0.29) is 6.61 Å². The van der Waals surface area contributed by atoms with E-state index in [0.717, 1.165) is 11.6 Å². The van der Waals surface area contributed by atoms with Crippen molar-refractivity contribution >= 4 is 23.5 Å². The zero-order chi connectivity index (χ0) is 12.3. The average molecular weight is 253 g/mol. The first-order valence-corrected chi connectivity index (χ1v) is 5.30. The molecule has 0 saturated heterocycles. The van der Waals surface area contributed by atoms with Gasteiger partial charge in [0, 0.05) is 6.08 Å². The van der Waals surface area contributed by atoms with Gasteiger partial charge < -0.3 is 9.47 Å². The molecule has 88 valence electrons. The van der Waals surface area contributed by atoms with Crippen LogP contribution in [0, 0.1) is 0 Å². The molecule has 1 atom stereocenters. The zero-order valence-electron chi connectivity index (χ0n) is 8.76. The zero-order valence-corrected chi connectivity index (χ0v) is 9.52. The van der Waals surface area contributed by atoms with E-state index in [2.05, 4.69) is 4.74 Å². The maximum Gasteiger partial charge on any atom is 0.371 e. The van der Waals surface area contributed by atoms with E-state index in [1.54, 1.807) is 0 Å². The maximum absolute atomic E-state index is 11.6. The number of rotatable bonds is 3. The molecule has 0 aromatic heterocycles. The number of cyclic esters (lactones) is 1. The van der Waals surface area contributed by atoms with Crippen LogP contribution in [0.15, 0.2) is 42.5 Å². The van der Waals surface area contributed by atoms with Crippen molar-refractivity contribution < 1.29 is 19.1 Å². The van der Waals surface area contributed by atoms with Gasteiger partial charge in [-0.2, -0.15) is 0 Å². The molecule has 4 nitrogen and oxygen atoms in total. The van der Waals surface area contributed by atoms with Gasteiger partial charge in [-0.25, -0.2) is 9.59 Å². The summed E-state index contributed by atoms with van der Waals surface area (Å²) in [4.78, 5) is 22.4. The van der Waals surface area contributed by atoms with Gasteiger partial charge >= 0.3 is 17.0 Å². The number of esters is 2.